The Balaban J connectivity index is 2.08. The molecular formula is C21H24N4O4. The number of pyridine rings is 1. The number of ketones is 2. The van der Waals surface area contributed by atoms with E-state index in [1.54, 1.807) is 0 Å². The average molecular weight is 396 g/mol. The molecule has 2 heterocycles. The largest absolute Gasteiger partial charge is 0.358 e. The molecule has 0 saturated heterocycles. The van der Waals surface area contributed by atoms with Crippen molar-refractivity contribution >= 4 is 17.4 Å². The molecule has 0 atom stereocenters. The van der Waals surface area contributed by atoms with Gasteiger partial charge in [0.05, 0.1) is 35.1 Å². The number of Topliss-reactive ketones (excluding diaryl/α,β-unsaturated/α-hetero) is 2. The van der Waals surface area contributed by atoms with E-state index in [4.69, 9.17) is 4.98 Å². The van der Waals surface area contributed by atoms with Crippen LogP contribution in [-0.4, -0.2) is 31.0 Å². The third-order valence-electron chi connectivity index (χ3n) is 5.85. The number of nitro groups is 1. The molecule has 8 heteroatoms. The van der Waals surface area contributed by atoms with E-state index in [-0.39, 0.29) is 34.0 Å². The number of hydrogen-bond acceptors (Lipinski definition) is 6. The maximum Gasteiger partial charge on any atom is 0.342 e. The molecular weight excluding hydrogens is 372 g/mol. The predicted octanol–water partition coefficient (Wildman–Crippen LogP) is 3.70. The van der Waals surface area contributed by atoms with Gasteiger partial charge in [0.25, 0.3) is 0 Å². The van der Waals surface area contributed by atoms with Gasteiger partial charge in [0.15, 0.2) is 11.6 Å². The van der Waals surface area contributed by atoms with Crippen molar-refractivity contribution in [3.63, 3.8) is 0 Å². The number of hydrogen-bond donors (Lipinski definition) is 0. The average Bonchev–Trinajstić information content (AvgIpc) is 2.91. The van der Waals surface area contributed by atoms with E-state index in [9.17, 15) is 19.7 Å². The molecule has 29 heavy (non-hydrogen) atoms. The van der Waals surface area contributed by atoms with Crippen LogP contribution in [-0.2, 0) is 19.9 Å². The van der Waals surface area contributed by atoms with E-state index >= 15 is 0 Å². The third-order valence-corrected chi connectivity index (χ3v) is 5.85. The maximum atomic E-state index is 13.1. The van der Waals surface area contributed by atoms with E-state index in [1.807, 2.05) is 27.7 Å². The molecule has 0 amide bonds. The zero-order valence-electron chi connectivity index (χ0n) is 17.3. The summed E-state index contributed by atoms with van der Waals surface area (Å²) in [4.78, 5) is 46.2. The first-order chi connectivity index (χ1) is 13.4. The van der Waals surface area contributed by atoms with Crippen LogP contribution in [0.3, 0.4) is 0 Å². The first-order valence-corrected chi connectivity index (χ1v) is 9.69. The van der Waals surface area contributed by atoms with Gasteiger partial charge in [-0.05, 0) is 28.6 Å². The van der Waals surface area contributed by atoms with E-state index < -0.39 is 4.92 Å². The van der Waals surface area contributed by atoms with Crippen molar-refractivity contribution in [1.82, 2.24) is 14.5 Å². The van der Waals surface area contributed by atoms with Crippen LogP contribution in [0.25, 0.3) is 11.4 Å². The van der Waals surface area contributed by atoms with Gasteiger partial charge < -0.3 is 10.1 Å². The molecule has 2 aliphatic carbocycles. The Kier molecular flexibility index (Phi) is 4.05. The van der Waals surface area contributed by atoms with Gasteiger partial charge in [-0.15, -0.1) is 0 Å². The summed E-state index contributed by atoms with van der Waals surface area (Å²) in [6, 6.07) is 0. The van der Waals surface area contributed by atoms with Crippen molar-refractivity contribution in [1.29, 1.82) is 0 Å². The van der Waals surface area contributed by atoms with Crippen molar-refractivity contribution in [3.8, 4) is 11.4 Å². The molecule has 0 radical (unpaired) electrons. The highest BCUT2D eigenvalue weighted by Crippen LogP contribution is 2.44. The minimum absolute atomic E-state index is 0.0927. The summed E-state index contributed by atoms with van der Waals surface area (Å²) in [7, 11) is 1.54. The van der Waals surface area contributed by atoms with Gasteiger partial charge in [-0.3, -0.25) is 14.6 Å². The molecule has 2 aliphatic rings. The van der Waals surface area contributed by atoms with E-state index in [0.717, 1.165) is 0 Å². The van der Waals surface area contributed by atoms with Crippen molar-refractivity contribution in [3.05, 3.63) is 38.8 Å². The summed E-state index contributed by atoms with van der Waals surface area (Å²) in [5.41, 5.74) is 2.09. The molecule has 0 aromatic carbocycles. The second-order valence-electron chi connectivity index (χ2n) is 9.77. The van der Waals surface area contributed by atoms with Gasteiger partial charge in [0.2, 0.25) is 5.82 Å². The lowest BCUT2D eigenvalue weighted by molar-refractivity contribution is -0.391. The lowest BCUT2D eigenvalue weighted by Crippen LogP contribution is -2.34. The second kappa shape index (κ2) is 6.05. The van der Waals surface area contributed by atoms with E-state index in [0.29, 0.717) is 53.8 Å². The van der Waals surface area contributed by atoms with Crippen LogP contribution in [0.5, 0.6) is 0 Å². The Labute approximate surface area is 168 Å². The minimum atomic E-state index is -0.521. The van der Waals surface area contributed by atoms with Crippen LogP contribution in [0.4, 0.5) is 5.82 Å². The first-order valence-electron chi connectivity index (χ1n) is 9.69. The quantitative estimate of drug-likeness (QED) is 0.566. The first kappa shape index (κ1) is 19.4. The molecule has 0 bridgehead atoms. The molecule has 0 saturated carbocycles. The number of nitrogens with zero attached hydrogens (tertiary/aromatic N) is 4. The topological polar surface area (TPSA) is 108 Å². The van der Waals surface area contributed by atoms with Gasteiger partial charge in [0, 0.05) is 12.8 Å². The van der Waals surface area contributed by atoms with Crippen LogP contribution in [0.15, 0.2) is 6.20 Å². The van der Waals surface area contributed by atoms with Gasteiger partial charge in [0.1, 0.15) is 6.20 Å². The summed E-state index contributed by atoms with van der Waals surface area (Å²) in [6.07, 6.45) is 3.05. The Hall–Kier alpha value is -2.90. The monoisotopic (exact) mass is 396 g/mol. The molecule has 4 rings (SSSR count). The number of rotatable bonds is 2. The SMILES string of the molecule is Cn1c([N+](=O)[O-])cnc1-c1c2c(nc3c1C(=O)CC(C)(C)C3)CC(C)(C)CC2=O. The Morgan fingerprint density at radius 2 is 1.41 bits per heavy atom. The van der Waals surface area contributed by atoms with Crippen molar-refractivity contribution in [2.24, 2.45) is 17.9 Å². The molecule has 2 aromatic heterocycles. The zero-order valence-corrected chi connectivity index (χ0v) is 17.3. The lowest BCUT2D eigenvalue weighted by atomic mass is 9.70. The number of imidazole rings is 1. The molecule has 2 aromatic rings. The van der Waals surface area contributed by atoms with E-state index in [2.05, 4.69) is 4.98 Å². The zero-order chi connectivity index (χ0) is 21.3. The lowest BCUT2D eigenvalue weighted by Gasteiger charge is -2.35. The fourth-order valence-corrected chi connectivity index (χ4v) is 4.65. The fraction of sp³-hybridized carbons (Fsp3) is 0.524. The van der Waals surface area contributed by atoms with Crippen LogP contribution in [0, 0.1) is 20.9 Å². The van der Waals surface area contributed by atoms with Crippen molar-refractivity contribution < 1.29 is 14.5 Å². The van der Waals surface area contributed by atoms with E-state index in [1.165, 1.54) is 17.8 Å². The summed E-state index contributed by atoms with van der Waals surface area (Å²) < 4.78 is 1.34. The Bertz CT molecular complexity index is 1040. The third kappa shape index (κ3) is 3.07. The summed E-state index contributed by atoms with van der Waals surface area (Å²) >= 11 is 0. The molecule has 0 aliphatic heterocycles. The molecule has 0 N–H and O–H groups in total. The molecule has 0 unspecified atom stereocenters. The minimum Gasteiger partial charge on any atom is -0.358 e. The second-order valence-corrected chi connectivity index (χ2v) is 9.77. The molecule has 0 spiro atoms. The molecule has 8 nitrogen and oxygen atoms in total. The van der Waals surface area contributed by atoms with Crippen LogP contribution >= 0.6 is 0 Å². The predicted molar refractivity (Wildman–Crippen MR) is 106 cm³/mol. The van der Waals surface area contributed by atoms with Gasteiger partial charge >= 0.3 is 5.82 Å². The normalized spacial score (nSPS) is 19.6. The number of fused-ring (bicyclic) bond motifs is 2. The Morgan fingerprint density at radius 3 is 1.83 bits per heavy atom. The highest BCUT2D eigenvalue weighted by atomic mass is 16.6. The standard InChI is InChI=1S/C21H24N4O4/c1-20(2)6-11-16(13(26)8-20)18(19-22-10-15(24(19)5)25(28)29)17-12(23-11)7-21(3,4)9-14(17)27/h10H,6-9H2,1-5H3. The Morgan fingerprint density at radius 1 is 0.931 bits per heavy atom. The summed E-state index contributed by atoms with van der Waals surface area (Å²) in [5, 5.41) is 11.3. The van der Waals surface area contributed by atoms with Crippen LogP contribution < -0.4 is 0 Å². The van der Waals surface area contributed by atoms with Gasteiger partial charge in [-0.1, -0.05) is 27.7 Å². The van der Waals surface area contributed by atoms with Gasteiger partial charge in [-0.2, -0.15) is 0 Å². The molecule has 152 valence electrons. The van der Waals surface area contributed by atoms with Crippen molar-refractivity contribution in [2.75, 3.05) is 0 Å². The van der Waals surface area contributed by atoms with Crippen molar-refractivity contribution in [2.45, 2.75) is 53.4 Å². The molecule has 0 fully saturated rings. The highest BCUT2D eigenvalue weighted by molar-refractivity contribution is 6.12. The summed E-state index contributed by atoms with van der Waals surface area (Å²) in [6.45, 7) is 8.09. The van der Waals surface area contributed by atoms with Gasteiger partial charge in [-0.25, -0.2) is 9.55 Å². The van der Waals surface area contributed by atoms with Crippen LogP contribution in [0.1, 0.15) is 72.6 Å². The number of aromatic nitrogens is 3. The maximum absolute atomic E-state index is 13.1. The number of carbonyl (C=O) groups is 2. The smallest absolute Gasteiger partial charge is 0.342 e. The highest BCUT2D eigenvalue weighted by Gasteiger charge is 2.42. The number of carbonyl (C=O) groups excluding carboxylic acids is 2. The van der Waals surface area contributed by atoms with Crippen LogP contribution in [0.2, 0.25) is 0 Å². The summed E-state index contributed by atoms with van der Waals surface area (Å²) in [5.74, 6) is -0.103. The fourth-order valence-electron chi connectivity index (χ4n) is 4.65.